The zero-order valence-electron chi connectivity index (χ0n) is 15.2. The zero-order valence-corrected chi connectivity index (χ0v) is 18.4. The van der Waals surface area contributed by atoms with Crippen LogP contribution in [0, 0.1) is 0 Å². The van der Waals surface area contributed by atoms with Gasteiger partial charge in [-0.3, -0.25) is 4.79 Å². The minimum Gasteiger partial charge on any atom is -0.324 e. The SMILES string of the molecule is C[C@H](Sc1ncnc2sc(-c3ccccc3)cc12)C(=O)Nc1cc(Cl)ccc1Cl. The highest BCUT2D eigenvalue weighted by atomic mass is 35.5. The molecule has 0 bridgehead atoms. The normalized spacial score (nSPS) is 12.1. The monoisotopic (exact) mass is 459 g/mol. The van der Waals surface area contributed by atoms with Crippen molar-refractivity contribution >= 4 is 68.1 Å². The Labute approximate surface area is 186 Å². The molecule has 0 saturated carbocycles. The number of anilines is 1. The molecule has 2 aromatic heterocycles. The third-order valence-corrected chi connectivity index (χ3v) is 6.97. The van der Waals surface area contributed by atoms with Gasteiger partial charge in [0.05, 0.1) is 16.0 Å². The van der Waals surface area contributed by atoms with Crippen molar-refractivity contribution in [1.29, 1.82) is 0 Å². The van der Waals surface area contributed by atoms with Gasteiger partial charge in [-0.2, -0.15) is 0 Å². The first kappa shape index (κ1) is 20.2. The van der Waals surface area contributed by atoms with Crippen molar-refractivity contribution < 1.29 is 4.79 Å². The lowest BCUT2D eigenvalue weighted by atomic mass is 10.2. The molecule has 4 nitrogen and oxygen atoms in total. The number of benzene rings is 2. The van der Waals surface area contributed by atoms with Gasteiger partial charge in [-0.15, -0.1) is 11.3 Å². The number of aromatic nitrogens is 2. The van der Waals surface area contributed by atoms with Gasteiger partial charge in [0.2, 0.25) is 5.91 Å². The summed E-state index contributed by atoms with van der Waals surface area (Å²) in [5.74, 6) is -0.176. The smallest absolute Gasteiger partial charge is 0.237 e. The van der Waals surface area contributed by atoms with Crippen LogP contribution >= 0.6 is 46.3 Å². The molecule has 146 valence electrons. The summed E-state index contributed by atoms with van der Waals surface area (Å²) in [6.45, 7) is 1.83. The van der Waals surface area contributed by atoms with E-state index in [1.54, 1.807) is 29.5 Å². The number of thioether (sulfide) groups is 1. The summed E-state index contributed by atoms with van der Waals surface area (Å²) in [6.07, 6.45) is 1.54. The minimum atomic E-state index is -0.386. The van der Waals surface area contributed by atoms with Gasteiger partial charge in [-0.1, -0.05) is 65.3 Å². The van der Waals surface area contributed by atoms with Gasteiger partial charge < -0.3 is 5.32 Å². The fraction of sp³-hybridized carbons (Fsp3) is 0.0952. The summed E-state index contributed by atoms with van der Waals surface area (Å²) in [6, 6.07) is 17.2. The Morgan fingerprint density at radius 3 is 2.69 bits per heavy atom. The van der Waals surface area contributed by atoms with Crippen molar-refractivity contribution in [3.63, 3.8) is 0 Å². The van der Waals surface area contributed by atoms with Crippen LogP contribution in [0.4, 0.5) is 5.69 Å². The molecule has 2 aromatic carbocycles. The molecular weight excluding hydrogens is 445 g/mol. The van der Waals surface area contributed by atoms with Gasteiger partial charge in [-0.05, 0) is 36.8 Å². The van der Waals surface area contributed by atoms with Gasteiger partial charge in [0.25, 0.3) is 0 Å². The van der Waals surface area contributed by atoms with Gasteiger partial charge in [0.15, 0.2) is 0 Å². The topological polar surface area (TPSA) is 54.9 Å². The molecule has 29 heavy (non-hydrogen) atoms. The van der Waals surface area contributed by atoms with Crippen molar-refractivity contribution in [3.8, 4) is 10.4 Å². The number of halogens is 2. The molecular formula is C21H15Cl2N3OS2. The van der Waals surface area contributed by atoms with E-state index in [9.17, 15) is 4.79 Å². The second kappa shape index (κ2) is 8.71. The van der Waals surface area contributed by atoms with E-state index in [0.29, 0.717) is 15.7 Å². The van der Waals surface area contributed by atoms with Crippen LogP contribution in [0.1, 0.15) is 6.92 Å². The van der Waals surface area contributed by atoms with Crippen LogP contribution in [0.5, 0.6) is 0 Å². The largest absolute Gasteiger partial charge is 0.324 e. The number of nitrogens with zero attached hydrogens (tertiary/aromatic N) is 2. The maximum absolute atomic E-state index is 12.7. The molecule has 8 heteroatoms. The van der Waals surface area contributed by atoms with Crippen LogP contribution in [0.2, 0.25) is 10.0 Å². The minimum absolute atomic E-state index is 0.176. The molecule has 2 heterocycles. The number of carbonyl (C=O) groups excluding carboxylic acids is 1. The molecule has 0 aliphatic carbocycles. The van der Waals surface area contributed by atoms with Crippen molar-refractivity contribution in [2.24, 2.45) is 0 Å². The molecule has 0 aliphatic rings. The summed E-state index contributed by atoms with van der Waals surface area (Å²) in [4.78, 5) is 23.5. The summed E-state index contributed by atoms with van der Waals surface area (Å²) in [5.41, 5.74) is 1.62. The third kappa shape index (κ3) is 4.56. The highest BCUT2D eigenvalue weighted by molar-refractivity contribution is 8.00. The van der Waals surface area contributed by atoms with E-state index < -0.39 is 0 Å². The standard InChI is InChI=1S/C21H15Cl2N3OS2/c1-12(19(27)26-17-9-14(22)7-8-16(17)23)28-20-15-10-18(13-5-3-2-4-6-13)29-21(15)25-11-24-20/h2-12H,1H3,(H,26,27)/t12-/m0/s1. The molecule has 0 spiro atoms. The zero-order chi connectivity index (χ0) is 20.4. The number of nitrogens with one attached hydrogen (secondary N) is 1. The fourth-order valence-corrected chi connectivity index (χ4v) is 5.02. The summed E-state index contributed by atoms with van der Waals surface area (Å²) < 4.78 is 0. The highest BCUT2D eigenvalue weighted by Gasteiger charge is 2.19. The van der Waals surface area contributed by atoms with E-state index in [0.717, 1.165) is 25.7 Å². The molecule has 4 aromatic rings. The first-order chi connectivity index (χ1) is 14.0. The summed E-state index contributed by atoms with van der Waals surface area (Å²) in [7, 11) is 0. The van der Waals surface area contributed by atoms with Crippen LogP contribution in [-0.2, 0) is 4.79 Å². The van der Waals surface area contributed by atoms with E-state index in [4.69, 9.17) is 23.2 Å². The Hall–Kier alpha value is -2.12. The van der Waals surface area contributed by atoms with Gasteiger partial charge in [-0.25, -0.2) is 9.97 Å². The molecule has 0 saturated heterocycles. The lowest BCUT2D eigenvalue weighted by Crippen LogP contribution is -2.22. The molecule has 1 amide bonds. The molecule has 0 unspecified atom stereocenters. The van der Waals surface area contributed by atoms with E-state index in [1.807, 2.05) is 25.1 Å². The first-order valence-corrected chi connectivity index (χ1v) is 11.2. The summed E-state index contributed by atoms with van der Waals surface area (Å²) in [5, 5.41) is 5.11. The second-order valence-corrected chi connectivity index (χ2v) is 9.45. The average Bonchev–Trinajstić information content (AvgIpc) is 3.17. The van der Waals surface area contributed by atoms with E-state index in [1.165, 1.54) is 18.1 Å². The highest BCUT2D eigenvalue weighted by Crippen LogP contribution is 2.37. The maximum atomic E-state index is 12.7. The van der Waals surface area contributed by atoms with E-state index in [-0.39, 0.29) is 11.2 Å². The van der Waals surface area contributed by atoms with Crippen LogP contribution in [0.25, 0.3) is 20.7 Å². The van der Waals surface area contributed by atoms with Crippen molar-refractivity contribution in [1.82, 2.24) is 9.97 Å². The van der Waals surface area contributed by atoms with Crippen LogP contribution < -0.4 is 5.32 Å². The summed E-state index contributed by atoms with van der Waals surface area (Å²) >= 11 is 15.1. The van der Waals surface area contributed by atoms with Crippen molar-refractivity contribution in [2.45, 2.75) is 17.2 Å². The Kier molecular flexibility index (Phi) is 6.06. The third-order valence-electron chi connectivity index (χ3n) is 4.20. The molecule has 1 atom stereocenters. The molecule has 4 rings (SSSR count). The van der Waals surface area contributed by atoms with Crippen LogP contribution in [0.3, 0.4) is 0 Å². The van der Waals surface area contributed by atoms with Crippen LogP contribution in [-0.4, -0.2) is 21.1 Å². The predicted molar refractivity (Wildman–Crippen MR) is 123 cm³/mol. The quantitative estimate of drug-likeness (QED) is 0.263. The molecule has 0 fully saturated rings. The molecule has 0 radical (unpaired) electrons. The Morgan fingerprint density at radius 1 is 1.10 bits per heavy atom. The fourth-order valence-electron chi connectivity index (χ4n) is 2.72. The number of hydrogen-bond acceptors (Lipinski definition) is 5. The number of carbonyl (C=O) groups is 1. The Morgan fingerprint density at radius 2 is 1.90 bits per heavy atom. The molecule has 1 N–H and O–H groups in total. The second-order valence-electron chi connectivity index (χ2n) is 6.25. The lowest BCUT2D eigenvalue weighted by Gasteiger charge is -2.13. The van der Waals surface area contributed by atoms with Gasteiger partial charge in [0.1, 0.15) is 16.2 Å². The van der Waals surface area contributed by atoms with Crippen LogP contribution in [0.15, 0.2) is 66.0 Å². The van der Waals surface area contributed by atoms with Crippen molar-refractivity contribution in [3.05, 3.63) is 71.0 Å². The number of thiophene rings is 1. The van der Waals surface area contributed by atoms with E-state index in [2.05, 4.69) is 33.5 Å². The number of fused-ring (bicyclic) bond motifs is 1. The molecule has 0 aliphatic heterocycles. The first-order valence-electron chi connectivity index (χ1n) is 8.74. The van der Waals surface area contributed by atoms with E-state index >= 15 is 0 Å². The number of hydrogen-bond donors (Lipinski definition) is 1. The average molecular weight is 460 g/mol. The Bertz CT molecular complexity index is 1180. The van der Waals surface area contributed by atoms with Crippen molar-refractivity contribution in [2.75, 3.05) is 5.32 Å². The Balaban J connectivity index is 1.56. The number of rotatable bonds is 5. The predicted octanol–water partition coefficient (Wildman–Crippen LogP) is 6.78. The van der Waals surface area contributed by atoms with Gasteiger partial charge in [0, 0.05) is 15.3 Å². The maximum Gasteiger partial charge on any atom is 0.237 e. The lowest BCUT2D eigenvalue weighted by molar-refractivity contribution is -0.115. The number of amides is 1. The van der Waals surface area contributed by atoms with Gasteiger partial charge >= 0.3 is 0 Å².